The van der Waals surface area contributed by atoms with Crippen molar-refractivity contribution in [3.63, 3.8) is 0 Å². The molecule has 1 heterocycles. The van der Waals surface area contributed by atoms with Crippen molar-refractivity contribution < 1.29 is 18.8 Å². The van der Waals surface area contributed by atoms with E-state index in [9.17, 15) is 4.79 Å². The second-order valence-corrected chi connectivity index (χ2v) is 10.2. The zero-order valence-corrected chi connectivity index (χ0v) is 23.0. The van der Waals surface area contributed by atoms with Gasteiger partial charge in [-0.25, -0.2) is 4.79 Å². The summed E-state index contributed by atoms with van der Waals surface area (Å²) in [6.07, 6.45) is 2.04. The van der Waals surface area contributed by atoms with Crippen molar-refractivity contribution in [3.05, 3.63) is 103 Å². The molecule has 5 rings (SSSR count). The molecule has 0 aliphatic heterocycles. The fourth-order valence-corrected chi connectivity index (χ4v) is 5.07. The molecule has 3 aromatic carbocycles. The molecular formula is C29H19Cl4NO4. The van der Waals surface area contributed by atoms with Crippen LogP contribution in [0.4, 0.5) is 0 Å². The van der Waals surface area contributed by atoms with Crippen LogP contribution in [0.2, 0.25) is 20.1 Å². The summed E-state index contributed by atoms with van der Waals surface area (Å²) in [6, 6.07) is 15.4. The zero-order valence-electron chi connectivity index (χ0n) is 20.0. The molecule has 0 amide bonds. The molecule has 0 radical (unpaired) electrons. The monoisotopic (exact) mass is 585 g/mol. The van der Waals surface area contributed by atoms with E-state index in [1.807, 2.05) is 0 Å². The molecule has 0 atom stereocenters. The maximum atomic E-state index is 11.8. The average molecular weight is 587 g/mol. The number of carbonyl (C=O) groups is 1. The van der Waals surface area contributed by atoms with Crippen LogP contribution in [0.1, 0.15) is 51.6 Å². The van der Waals surface area contributed by atoms with Crippen LogP contribution in [0.25, 0.3) is 11.3 Å². The first-order valence-corrected chi connectivity index (χ1v) is 13.1. The smallest absolute Gasteiger partial charge is 0.337 e. The van der Waals surface area contributed by atoms with Crippen LogP contribution in [0.3, 0.4) is 0 Å². The van der Waals surface area contributed by atoms with E-state index in [0.717, 1.165) is 24.2 Å². The van der Waals surface area contributed by atoms with Gasteiger partial charge in [0.2, 0.25) is 0 Å². The highest BCUT2D eigenvalue weighted by molar-refractivity contribution is 6.39. The quantitative estimate of drug-likeness (QED) is 0.167. The van der Waals surface area contributed by atoms with Crippen LogP contribution in [0.5, 0.6) is 5.75 Å². The number of carbonyl (C=O) groups excluding carboxylic acids is 1. The number of hydrogen-bond donors (Lipinski definition) is 0. The lowest BCUT2D eigenvalue weighted by Gasteiger charge is -2.11. The van der Waals surface area contributed by atoms with Gasteiger partial charge in [-0.2, -0.15) is 0 Å². The fraction of sp³-hybridized carbons (Fsp3) is 0.172. The zero-order chi connectivity index (χ0) is 26.8. The number of halogens is 4. The lowest BCUT2D eigenvalue weighted by atomic mass is 10.0. The van der Waals surface area contributed by atoms with Crippen molar-refractivity contribution in [1.29, 1.82) is 0 Å². The summed E-state index contributed by atoms with van der Waals surface area (Å²) >= 11 is 25.9. The Bertz CT molecular complexity index is 1550. The topological polar surface area (TPSA) is 61.6 Å². The Morgan fingerprint density at radius 1 is 0.974 bits per heavy atom. The van der Waals surface area contributed by atoms with E-state index >= 15 is 0 Å². The summed E-state index contributed by atoms with van der Waals surface area (Å²) < 4.78 is 16.5. The van der Waals surface area contributed by atoms with E-state index in [4.69, 9.17) is 60.4 Å². The van der Waals surface area contributed by atoms with E-state index in [-0.39, 0.29) is 6.61 Å². The molecule has 0 bridgehead atoms. The van der Waals surface area contributed by atoms with Gasteiger partial charge in [0.05, 0.1) is 43.9 Å². The van der Waals surface area contributed by atoms with E-state index < -0.39 is 5.97 Å². The third-order valence-electron chi connectivity index (χ3n) is 5.98. The minimum Gasteiger partial charge on any atom is -0.489 e. The molecule has 1 aliphatic rings. The lowest BCUT2D eigenvalue weighted by Crippen LogP contribution is -2.01. The Hall–Kier alpha value is -3.14. The normalized spacial score (nSPS) is 12.6. The van der Waals surface area contributed by atoms with E-state index in [1.54, 1.807) is 54.6 Å². The Morgan fingerprint density at radius 2 is 1.66 bits per heavy atom. The summed E-state index contributed by atoms with van der Waals surface area (Å²) in [7, 11) is 1.33. The van der Waals surface area contributed by atoms with E-state index in [1.165, 1.54) is 7.11 Å². The molecule has 1 aromatic heterocycles. The summed E-state index contributed by atoms with van der Waals surface area (Å²) in [6.45, 7) is 0.157. The third kappa shape index (κ3) is 5.65. The van der Waals surface area contributed by atoms with Gasteiger partial charge in [0.1, 0.15) is 23.8 Å². The van der Waals surface area contributed by atoms with Crippen molar-refractivity contribution in [1.82, 2.24) is 5.16 Å². The second kappa shape index (κ2) is 11.3. The molecule has 0 spiro atoms. The number of esters is 1. The van der Waals surface area contributed by atoms with Crippen LogP contribution in [-0.4, -0.2) is 18.2 Å². The van der Waals surface area contributed by atoms with Crippen molar-refractivity contribution >= 4 is 52.4 Å². The second-order valence-electron chi connectivity index (χ2n) is 8.62. The van der Waals surface area contributed by atoms with Gasteiger partial charge >= 0.3 is 5.97 Å². The van der Waals surface area contributed by atoms with Crippen molar-refractivity contribution in [2.45, 2.75) is 25.4 Å². The average Bonchev–Trinajstić information content (AvgIpc) is 3.66. The largest absolute Gasteiger partial charge is 0.489 e. The van der Waals surface area contributed by atoms with Crippen molar-refractivity contribution in [3.8, 4) is 28.8 Å². The fourth-order valence-electron chi connectivity index (χ4n) is 3.93. The first-order valence-electron chi connectivity index (χ1n) is 11.6. The van der Waals surface area contributed by atoms with Gasteiger partial charge in [-0.15, -0.1) is 0 Å². The van der Waals surface area contributed by atoms with Crippen molar-refractivity contribution in [2.24, 2.45) is 0 Å². The molecule has 5 nitrogen and oxygen atoms in total. The van der Waals surface area contributed by atoms with Crippen LogP contribution < -0.4 is 4.74 Å². The first-order chi connectivity index (χ1) is 18.4. The van der Waals surface area contributed by atoms with Crippen LogP contribution in [-0.2, 0) is 11.3 Å². The molecular weight excluding hydrogens is 568 g/mol. The van der Waals surface area contributed by atoms with E-state index in [2.05, 4.69) is 17.0 Å². The van der Waals surface area contributed by atoms with Gasteiger partial charge in [0.25, 0.3) is 0 Å². The number of benzene rings is 3. The summed E-state index contributed by atoms with van der Waals surface area (Å²) in [5.74, 6) is 7.04. The Morgan fingerprint density at radius 3 is 2.32 bits per heavy atom. The van der Waals surface area contributed by atoms with Gasteiger partial charge in [-0.1, -0.05) is 75.5 Å². The highest BCUT2D eigenvalue weighted by Gasteiger charge is 2.33. The minimum atomic E-state index is -0.441. The predicted octanol–water partition coefficient (Wildman–Crippen LogP) is 8.60. The molecule has 0 saturated heterocycles. The predicted molar refractivity (Wildman–Crippen MR) is 148 cm³/mol. The van der Waals surface area contributed by atoms with Gasteiger partial charge in [-0.3, -0.25) is 0 Å². The number of nitrogens with zero attached hydrogens (tertiary/aromatic N) is 1. The highest BCUT2D eigenvalue weighted by Crippen LogP contribution is 2.46. The molecule has 1 saturated carbocycles. The first kappa shape index (κ1) is 26.5. The van der Waals surface area contributed by atoms with E-state index in [0.29, 0.717) is 59.7 Å². The van der Waals surface area contributed by atoms with Gasteiger partial charge < -0.3 is 14.0 Å². The maximum Gasteiger partial charge on any atom is 0.337 e. The molecule has 9 heteroatoms. The maximum absolute atomic E-state index is 11.8. The van der Waals surface area contributed by atoms with Gasteiger partial charge in [0, 0.05) is 29.2 Å². The molecule has 1 aliphatic carbocycles. The van der Waals surface area contributed by atoms with Crippen LogP contribution in [0, 0.1) is 11.8 Å². The molecule has 0 N–H and O–H groups in total. The number of methoxy groups -OCH3 is 1. The van der Waals surface area contributed by atoms with Crippen LogP contribution >= 0.6 is 46.4 Å². The lowest BCUT2D eigenvalue weighted by molar-refractivity contribution is 0.0600. The Labute approximate surface area is 239 Å². The van der Waals surface area contributed by atoms with Gasteiger partial charge in [0.15, 0.2) is 0 Å². The third-order valence-corrected chi connectivity index (χ3v) is 7.21. The van der Waals surface area contributed by atoms with Gasteiger partial charge in [-0.05, 0) is 43.2 Å². The molecule has 1 fully saturated rings. The molecule has 4 aromatic rings. The molecule has 192 valence electrons. The number of rotatable bonds is 6. The summed E-state index contributed by atoms with van der Waals surface area (Å²) in [5.41, 5.74) is 3.39. The highest BCUT2D eigenvalue weighted by atomic mass is 35.5. The number of aromatic nitrogens is 1. The van der Waals surface area contributed by atoms with Crippen molar-refractivity contribution in [2.75, 3.05) is 7.11 Å². The Kier molecular flexibility index (Phi) is 7.88. The van der Waals surface area contributed by atoms with Crippen LogP contribution in [0.15, 0.2) is 59.1 Å². The number of hydrogen-bond acceptors (Lipinski definition) is 5. The standard InChI is InChI=1S/C29H19Cl4NO4/c1-36-29(35)18-5-2-4-16(12-18)8-11-20-24(32)13-19(14-25(20)33)37-15-21-27(34-38-28(21)17-9-10-17)26-22(30)6-3-7-23(26)31/h2-7,12-14,17H,9-10,15H2,1H3. The molecule has 0 unspecified atom stereocenters. The summed E-state index contributed by atoms with van der Waals surface area (Å²) in [5, 5.41) is 5.88. The molecule has 38 heavy (non-hydrogen) atoms. The summed E-state index contributed by atoms with van der Waals surface area (Å²) in [4.78, 5) is 11.8. The number of ether oxygens (including phenoxy) is 2. The Balaban J connectivity index is 1.40. The minimum absolute atomic E-state index is 0.157. The SMILES string of the molecule is COC(=O)c1cccc(C#Cc2c(Cl)cc(OCc3c(-c4c(Cl)cccc4Cl)noc3C3CC3)cc2Cl)c1.